The van der Waals surface area contributed by atoms with Crippen LogP contribution in [0.15, 0.2) is 58.8 Å². The molecule has 3 aromatic rings. The van der Waals surface area contributed by atoms with Gasteiger partial charge in [-0.1, -0.05) is 61.5 Å². The summed E-state index contributed by atoms with van der Waals surface area (Å²) in [4.78, 5) is 12.3. The molecule has 3 rings (SSSR count). The molecular formula is C21H24ClN7OS. The molecule has 162 valence electrons. The SMILES string of the molecule is CCC(C)c1ccc(NC(=O)CSc2nnc(N/N=C/c3cccc(Cl)c3)n2N)cc1. The quantitative estimate of drug-likeness (QED) is 0.191. The van der Waals surface area contributed by atoms with Crippen molar-refractivity contribution in [3.8, 4) is 0 Å². The second-order valence-corrected chi connectivity index (χ2v) is 8.25. The zero-order chi connectivity index (χ0) is 22.2. The second kappa shape index (κ2) is 10.8. The topological polar surface area (TPSA) is 110 Å². The lowest BCUT2D eigenvalue weighted by Crippen LogP contribution is -2.16. The summed E-state index contributed by atoms with van der Waals surface area (Å²) in [5, 5.41) is 15.9. The van der Waals surface area contributed by atoms with E-state index in [2.05, 4.69) is 39.9 Å². The molecule has 1 heterocycles. The molecule has 4 N–H and O–H groups in total. The van der Waals surface area contributed by atoms with Crippen molar-refractivity contribution in [3.05, 3.63) is 64.7 Å². The zero-order valence-corrected chi connectivity index (χ0v) is 18.8. The number of aromatic nitrogens is 3. The normalized spacial score (nSPS) is 12.1. The van der Waals surface area contributed by atoms with Gasteiger partial charge in [0.05, 0.1) is 12.0 Å². The van der Waals surface area contributed by atoms with Gasteiger partial charge in [-0.2, -0.15) is 5.10 Å². The number of hydrazone groups is 1. The molecule has 1 unspecified atom stereocenters. The number of hydrogen-bond acceptors (Lipinski definition) is 7. The number of nitrogen functional groups attached to an aromatic ring is 1. The van der Waals surface area contributed by atoms with E-state index in [0.29, 0.717) is 16.1 Å². The van der Waals surface area contributed by atoms with Crippen LogP contribution >= 0.6 is 23.4 Å². The van der Waals surface area contributed by atoms with Gasteiger partial charge in [0, 0.05) is 10.7 Å². The van der Waals surface area contributed by atoms with Gasteiger partial charge in [0.2, 0.25) is 11.1 Å². The van der Waals surface area contributed by atoms with E-state index in [-0.39, 0.29) is 17.6 Å². The molecule has 0 bridgehead atoms. The molecule has 0 spiro atoms. The van der Waals surface area contributed by atoms with Crippen LogP contribution in [0.5, 0.6) is 0 Å². The largest absolute Gasteiger partial charge is 0.334 e. The lowest BCUT2D eigenvalue weighted by Gasteiger charge is -2.10. The standard InChI is InChI=1S/C21H24ClN7OS/c1-3-14(2)16-7-9-18(10-8-16)25-19(30)13-31-21-28-27-20(29(21)23)26-24-12-15-5-4-6-17(22)11-15/h4-12,14H,3,13,23H2,1-2H3,(H,25,30)(H,26,27)/b24-12+. The molecular weight excluding hydrogens is 434 g/mol. The number of nitrogens with one attached hydrogen (secondary N) is 2. The fourth-order valence-electron chi connectivity index (χ4n) is 2.66. The predicted octanol–water partition coefficient (Wildman–Crippen LogP) is 4.34. The van der Waals surface area contributed by atoms with Crippen molar-refractivity contribution in [3.63, 3.8) is 0 Å². The molecule has 0 radical (unpaired) electrons. The number of benzene rings is 2. The van der Waals surface area contributed by atoms with Gasteiger partial charge in [-0.05, 0) is 47.7 Å². The summed E-state index contributed by atoms with van der Waals surface area (Å²) in [6, 6.07) is 15.1. The summed E-state index contributed by atoms with van der Waals surface area (Å²) in [6.45, 7) is 4.33. The lowest BCUT2D eigenvalue weighted by atomic mass is 9.99. The number of anilines is 2. The molecule has 8 nitrogen and oxygen atoms in total. The summed E-state index contributed by atoms with van der Waals surface area (Å²) < 4.78 is 1.24. The number of rotatable bonds is 9. The van der Waals surface area contributed by atoms with Crippen molar-refractivity contribution in [2.75, 3.05) is 22.3 Å². The van der Waals surface area contributed by atoms with Crippen molar-refractivity contribution in [1.82, 2.24) is 14.9 Å². The van der Waals surface area contributed by atoms with Crippen LogP contribution < -0.4 is 16.6 Å². The average Bonchev–Trinajstić information content (AvgIpc) is 3.12. The number of nitrogens with two attached hydrogens (primary N) is 1. The van der Waals surface area contributed by atoms with Crippen LogP contribution in [-0.2, 0) is 4.79 Å². The molecule has 0 fully saturated rings. The van der Waals surface area contributed by atoms with Crippen LogP contribution in [0, 0.1) is 0 Å². The molecule has 2 aromatic carbocycles. The third-order valence-electron chi connectivity index (χ3n) is 4.60. The number of carbonyl (C=O) groups is 1. The maximum absolute atomic E-state index is 12.3. The smallest absolute Gasteiger partial charge is 0.264 e. The van der Waals surface area contributed by atoms with Crippen LogP contribution in [0.2, 0.25) is 5.02 Å². The third kappa shape index (κ3) is 6.47. The third-order valence-corrected chi connectivity index (χ3v) is 5.78. The summed E-state index contributed by atoms with van der Waals surface area (Å²) in [5.41, 5.74) is 5.56. The number of nitrogens with zero attached hydrogens (tertiary/aromatic N) is 4. The first-order chi connectivity index (χ1) is 15.0. The van der Waals surface area contributed by atoms with Gasteiger partial charge in [0.25, 0.3) is 5.95 Å². The number of thioether (sulfide) groups is 1. The van der Waals surface area contributed by atoms with Crippen molar-refractivity contribution in [2.24, 2.45) is 5.10 Å². The van der Waals surface area contributed by atoms with Crippen molar-refractivity contribution in [2.45, 2.75) is 31.3 Å². The van der Waals surface area contributed by atoms with Crippen molar-refractivity contribution < 1.29 is 4.79 Å². The minimum absolute atomic E-state index is 0.147. The zero-order valence-electron chi connectivity index (χ0n) is 17.2. The Hall–Kier alpha value is -3.04. The van der Waals surface area contributed by atoms with Gasteiger partial charge in [0.1, 0.15) is 0 Å². The second-order valence-electron chi connectivity index (χ2n) is 6.87. The van der Waals surface area contributed by atoms with Crippen molar-refractivity contribution >= 4 is 47.1 Å². The fraction of sp³-hybridized carbons (Fsp3) is 0.238. The number of carbonyl (C=O) groups excluding carboxylic acids is 1. The van der Waals surface area contributed by atoms with Crippen LogP contribution in [0.25, 0.3) is 0 Å². The predicted molar refractivity (Wildman–Crippen MR) is 127 cm³/mol. The van der Waals surface area contributed by atoms with E-state index in [9.17, 15) is 4.79 Å². The minimum Gasteiger partial charge on any atom is -0.334 e. The summed E-state index contributed by atoms with van der Waals surface area (Å²) in [7, 11) is 0. The van der Waals surface area contributed by atoms with Crippen LogP contribution in [0.3, 0.4) is 0 Å². The van der Waals surface area contributed by atoms with Gasteiger partial charge in [-0.3, -0.25) is 4.79 Å². The molecule has 0 aliphatic carbocycles. The molecule has 10 heteroatoms. The van der Waals surface area contributed by atoms with E-state index >= 15 is 0 Å². The molecule has 31 heavy (non-hydrogen) atoms. The highest BCUT2D eigenvalue weighted by Crippen LogP contribution is 2.21. The average molecular weight is 458 g/mol. The van der Waals surface area contributed by atoms with Crippen LogP contribution in [0.1, 0.15) is 37.3 Å². The van der Waals surface area contributed by atoms with E-state index in [1.165, 1.54) is 22.0 Å². The Morgan fingerprint density at radius 1 is 1.29 bits per heavy atom. The number of amides is 1. The van der Waals surface area contributed by atoms with Gasteiger partial charge >= 0.3 is 0 Å². The molecule has 0 aliphatic rings. The highest BCUT2D eigenvalue weighted by atomic mass is 35.5. The van der Waals surface area contributed by atoms with E-state index in [0.717, 1.165) is 17.7 Å². The monoisotopic (exact) mass is 457 g/mol. The van der Waals surface area contributed by atoms with Crippen LogP contribution in [-0.4, -0.2) is 32.7 Å². The molecule has 0 saturated heterocycles. The first-order valence-corrected chi connectivity index (χ1v) is 11.1. The summed E-state index contributed by atoms with van der Waals surface area (Å²) in [6.07, 6.45) is 2.66. The number of halogens is 1. The van der Waals surface area contributed by atoms with Gasteiger partial charge in [-0.15, -0.1) is 10.2 Å². The number of hydrogen-bond donors (Lipinski definition) is 3. The minimum atomic E-state index is -0.155. The first kappa shape index (κ1) is 22.6. The Morgan fingerprint density at radius 3 is 2.77 bits per heavy atom. The Labute approximate surface area is 190 Å². The van der Waals surface area contributed by atoms with Gasteiger partial charge < -0.3 is 11.2 Å². The highest BCUT2D eigenvalue weighted by molar-refractivity contribution is 7.99. The Balaban J connectivity index is 1.50. The Kier molecular flexibility index (Phi) is 7.91. The maximum atomic E-state index is 12.3. The molecule has 0 aliphatic heterocycles. The fourth-order valence-corrected chi connectivity index (χ4v) is 3.52. The molecule has 1 amide bonds. The van der Waals surface area contributed by atoms with E-state index in [1.807, 2.05) is 36.4 Å². The van der Waals surface area contributed by atoms with E-state index in [4.69, 9.17) is 17.4 Å². The Bertz CT molecular complexity index is 1050. The highest BCUT2D eigenvalue weighted by Gasteiger charge is 2.12. The van der Waals surface area contributed by atoms with Crippen LogP contribution in [0.4, 0.5) is 11.6 Å². The molecule has 0 saturated carbocycles. The maximum Gasteiger partial charge on any atom is 0.264 e. The summed E-state index contributed by atoms with van der Waals surface area (Å²) >= 11 is 7.12. The Morgan fingerprint density at radius 2 is 2.06 bits per heavy atom. The lowest BCUT2D eigenvalue weighted by molar-refractivity contribution is -0.113. The van der Waals surface area contributed by atoms with Gasteiger partial charge in [0.15, 0.2) is 0 Å². The van der Waals surface area contributed by atoms with Gasteiger partial charge in [-0.25, -0.2) is 10.1 Å². The summed E-state index contributed by atoms with van der Waals surface area (Å²) in [5.74, 6) is 6.72. The molecule has 1 atom stereocenters. The first-order valence-electron chi connectivity index (χ1n) is 9.74. The molecule has 1 aromatic heterocycles. The van der Waals surface area contributed by atoms with Crippen molar-refractivity contribution in [1.29, 1.82) is 0 Å². The van der Waals surface area contributed by atoms with E-state index < -0.39 is 0 Å². The van der Waals surface area contributed by atoms with E-state index in [1.54, 1.807) is 18.3 Å².